The first-order chi connectivity index (χ1) is 9.85. The summed E-state index contributed by atoms with van der Waals surface area (Å²) in [5, 5.41) is 11.3. The first kappa shape index (κ1) is 16.7. The van der Waals surface area contributed by atoms with Crippen LogP contribution in [0.1, 0.15) is 38.7 Å². The van der Waals surface area contributed by atoms with E-state index in [1.807, 2.05) is 13.0 Å². The first-order valence-electron chi connectivity index (χ1n) is 7.11. The number of aryl methyl sites for hydroxylation is 1. The molecule has 0 spiro atoms. The number of rotatable bonds is 5. The van der Waals surface area contributed by atoms with Crippen LogP contribution in [0.25, 0.3) is 0 Å². The SMILES string of the molecule is CCC1(CC)C(Br)CC1Oc1c(C)cc(Br)cc1[N+](=O)[O-]. The van der Waals surface area contributed by atoms with E-state index in [9.17, 15) is 10.1 Å². The molecule has 0 radical (unpaired) electrons. The van der Waals surface area contributed by atoms with Crippen LogP contribution in [0.5, 0.6) is 5.75 Å². The predicted molar refractivity (Wildman–Crippen MR) is 90.3 cm³/mol. The van der Waals surface area contributed by atoms with Gasteiger partial charge in [0.2, 0.25) is 0 Å². The Kier molecular flexibility index (Phi) is 4.98. The number of nitro groups is 1. The molecule has 0 N–H and O–H groups in total. The van der Waals surface area contributed by atoms with Gasteiger partial charge in [-0.1, -0.05) is 45.7 Å². The molecular formula is C15H19Br2NO3. The second kappa shape index (κ2) is 6.24. The van der Waals surface area contributed by atoms with Gasteiger partial charge in [-0.2, -0.15) is 0 Å². The van der Waals surface area contributed by atoms with Crippen LogP contribution in [-0.2, 0) is 0 Å². The van der Waals surface area contributed by atoms with E-state index in [-0.39, 0.29) is 22.1 Å². The molecule has 4 nitrogen and oxygen atoms in total. The summed E-state index contributed by atoms with van der Waals surface area (Å²) < 4.78 is 6.80. The van der Waals surface area contributed by atoms with Crippen molar-refractivity contribution in [1.29, 1.82) is 0 Å². The van der Waals surface area contributed by atoms with Crippen molar-refractivity contribution in [2.45, 2.75) is 51.0 Å². The highest BCUT2D eigenvalue weighted by Crippen LogP contribution is 2.53. The molecule has 116 valence electrons. The fraction of sp³-hybridized carbons (Fsp3) is 0.600. The molecule has 0 aromatic heterocycles. The molecule has 6 heteroatoms. The van der Waals surface area contributed by atoms with Crippen molar-refractivity contribution in [3.63, 3.8) is 0 Å². The van der Waals surface area contributed by atoms with Gasteiger partial charge in [0.05, 0.1) is 4.92 Å². The van der Waals surface area contributed by atoms with Crippen LogP contribution in [0.2, 0.25) is 0 Å². The average molecular weight is 421 g/mol. The van der Waals surface area contributed by atoms with Crippen molar-refractivity contribution in [3.8, 4) is 5.75 Å². The summed E-state index contributed by atoms with van der Waals surface area (Å²) in [6.45, 7) is 6.14. The van der Waals surface area contributed by atoms with Crippen LogP contribution in [0.4, 0.5) is 5.69 Å². The zero-order valence-corrected chi connectivity index (χ0v) is 15.5. The quantitative estimate of drug-likeness (QED) is 0.364. The molecule has 21 heavy (non-hydrogen) atoms. The van der Waals surface area contributed by atoms with Gasteiger partial charge in [0.15, 0.2) is 5.75 Å². The monoisotopic (exact) mass is 419 g/mol. The second-order valence-corrected chi connectivity index (χ2v) is 7.60. The van der Waals surface area contributed by atoms with E-state index in [1.165, 1.54) is 6.07 Å². The lowest BCUT2D eigenvalue weighted by Crippen LogP contribution is -2.56. The van der Waals surface area contributed by atoms with Crippen LogP contribution in [0, 0.1) is 22.5 Å². The van der Waals surface area contributed by atoms with E-state index >= 15 is 0 Å². The minimum absolute atomic E-state index is 0.0236. The Morgan fingerprint density at radius 2 is 2.05 bits per heavy atom. The lowest BCUT2D eigenvalue weighted by atomic mass is 9.62. The number of alkyl halides is 1. The summed E-state index contributed by atoms with van der Waals surface area (Å²) in [5.41, 5.74) is 0.879. The van der Waals surface area contributed by atoms with Crippen molar-refractivity contribution < 1.29 is 9.66 Å². The van der Waals surface area contributed by atoms with Crippen LogP contribution < -0.4 is 4.74 Å². The highest BCUT2D eigenvalue weighted by Gasteiger charge is 2.53. The van der Waals surface area contributed by atoms with Gasteiger partial charge in [-0.3, -0.25) is 10.1 Å². The van der Waals surface area contributed by atoms with Gasteiger partial charge in [0.25, 0.3) is 0 Å². The van der Waals surface area contributed by atoms with Crippen molar-refractivity contribution in [2.75, 3.05) is 0 Å². The predicted octanol–water partition coefficient (Wildman–Crippen LogP) is 5.39. The third-order valence-corrected chi connectivity index (χ3v) is 6.42. The summed E-state index contributed by atoms with van der Waals surface area (Å²) in [6, 6.07) is 3.36. The van der Waals surface area contributed by atoms with Crippen molar-refractivity contribution in [1.82, 2.24) is 0 Å². The van der Waals surface area contributed by atoms with Gasteiger partial charge < -0.3 is 4.74 Å². The Hall–Kier alpha value is -0.620. The van der Waals surface area contributed by atoms with Crippen molar-refractivity contribution in [3.05, 3.63) is 32.3 Å². The van der Waals surface area contributed by atoms with Crippen molar-refractivity contribution in [2.24, 2.45) is 5.41 Å². The summed E-state index contributed by atoms with van der Waals surface area (Å²) in [4.78, 5) is 11.3. The highest BCUT2D eigenvalue weighted by molar-refractivity contribution is 9.10. The molecule has 0 bridgehead atoms. The number of hydrogen-bond donors (Lipinski definition) is 0. The highest BCUT2D eigenvalue weighted by atomic mass is 79.9. The molecule has 2 rings (SSSR count). The largest absolute Gasteiger partial charge is 0.483 e. The Bertz CT molecular complexity index is 558. The standard InChI is InChI=1S/C15H19Br2NO3/c1-4-15(5-2)12(17)8-13(15)21-14-9(3)6-10(16)7-11(14)18(19)20/h6-7,12-13H,4-5,8H2,1-3H3. The van der Waals surface area contributed by atoms with E-state index in [4.69, 9.17) is 4.74 Å². The van der Waals surface area contributed by atoms with Gasteiger partial charge in [-0.25, -0.2) is 0 Å². The Balaban J connectivity index is 2.34. The molecule has 1 aromatic rings. The molecule has 2 unspecified atom stereocenters. The lowest BCUT2D eigenvalue weighted by molar-refractivity contribution is -0.386. The summed E-state index contributed by atoms with van der Waals surface area (Å²) >= 11 is 7.02. The van der Waals surface area contributed by atoms with Crippen LogP contribution in [-0.4, -0.2) is 15.9 Å². The lowest BCUT2D eigenvalue weighted by Gasteiger charge is -2.52. The smallest absolute Gasteiger partial charge is 0.312 e. The van der Waals surface area contributed by atoms with Crippen LogP contribution in [0.3, 0.4) is 0 Å². The first-order valence-corrected chi connectivity index (χ1v) is 8.81. The number of nitrogens with zero attached hydrogens (tertiary/aromatic N) is 1. The Labute approximate surface area is 141 Å². The number of ether oxygens (including phenoxy) is 1. The number of nitro benzene ring substituents is 1. The zero-order chi connectivity index (χ0) is 15.8. The molecule has 2 atom stereocenters. The maximum Gasteiger partial charge on any atom is 0.312 e. The van der Waals surface area contributed by atoms with E-state index in [1.54, 1.807) is 0 Å². The number of benzene rings is 1. The molecule has 1 saturated carbocycles. The fourth-order valence-corrected chi connectivity index (χ4v) is 5.00. The maximum absolute atomic E-state index is 11.3. The average Bonchev–Trinajstić information content (AvgIpc) is 2.41. The second-order valence-electron chi connectivity index (χ2n) is 5.58. The van der Waals surface area contributed by atoms with Gasteiger partial charge >= 0.3 is 5.69 Å². The summed E-state index contributed by atoms with van der Waals surface area (Å²) in [6.07, 6.45) is 2.89. The zero-order valence-electron chi connectivity index (χ0n) is 12.4. The molecule has 0 aliphatic heterocycles. The minimum Gasteiger partial charge on any atom is -0.483 e. The molecule has 1 fully saturated rings. The molecule has 0 saturated heterocycles. The van der Waals surface area contributed by atoms with Gasteiger partial charge in [-0.05, 0) is 37.8 Å². The minimum atomic E-state index is -0.378. The molecular weight excluding hydrogens is 402 g/mol. The van der Waals surface area contributed by atoms with E-state index < -0.39 is 0 Å². The third kappa shape index (κ3) is 2.84. The Morgan fingerprint density at radius 3 is 2.52 bits per heavy atom. The normalized spacial score (nSPS) is 23.5. The van der Waals surface area contributed by atoms with E-state index in [0.717, 1.165) is 24.8 Å². The topological polar surface area (TPSA) is 52.4 Å². The third-order valence-electron chi connectivity index (χ3n) is 4.68. The van der Waals surface area contributed by atoms with E-state index in [2.05, 4.69) is 45.7 Å². The molecule has 0 amide bonds. The Morgan fingerprint density at radius 1 is 1.43 bits per heavy atom. The molecule has 1 aliphatic rings. The molecule has 0 heterocycles. The number of halogens is 2. The van der Waals surface area contributed by atoms with E-state index in [0.29, 0.717) is 15.0 Å². The summed E-state index contributed by atoms with van der Waals surface area (Å²) in [5.74, 6) is 0.402. The number of hydrogen-bond acceptors (Lipinski definition) is 3. The summed E-state index contributed by atoms with van der Waals surface area (Å²) in [7, 11) is 0. The maximum atomic E-state index is 11.3. The van der Waals surface area contributed by atoms with Gasteiger partial charge in [0.1, 0.15) is 6.10 Å². The fourth-order valence-electron chi connectivity index (χ4n) is 3.16. The van der Waals surface area contributed by atoms with Gasteiger partial charge in [-0.15, -0.1) is 0 Å². The van der Waals surface area contributed by atoms with Crippen LogP contribution >= 0.6 is 31.9 Å². The van der Waals surface area contributed by atoms with Crippen LogP contribution in [0.15, 0.2) is 16.6 Å². The molecule has 1 aliphatic carbocycles. The molecule has 1 aromatic carbocycles. The van der Waals surface area contributed by atoms with Crippen molar-refractivity contribution >= 4 is 37.5 Å². The van der Waals surface area contributed by atoms with Gasteiger partial charge in [0, 0.05) is 20.8 Å².